The summed E-state index contributed by atoms with van der Waals surface area (Å²) in [5, 5.41) is 0. The third kappa shape index (κ3) is 4.05. The number of benzene rings is 2. The number of hydrogen-bond acceptors (Lipinski definition) is 2. The van der Waals surface area contributed by atoms with Crippen molar-refractivity contribution in [2.45, 2.75) is 76.4 Å². The molecule has 2 aliphatic heterocycles. The van der Waals surface area contributed by atoms with Gasteiger partial charge in [-0.2, -0.15) is 0 Å². The molecule has 2 heteroatoms. The van der Waals surface area contributed by atoms with Crippen LogP contribution in [0.1, 0.15) is 76.3 Å². The van der Waals surface area contributed by atoms with Gasteiger partial charge < -0.3 is 9.64 Å². The summed E-state index contributed by atoms with van der Waals surface area (Å²) in [6.45, 7) is 9.48. The molecule has 0 saturated heterocycles. The van der Waals surface area contributed by atoms with Gasteiger partial charge in [0.25, 0.3) is 0 Å². The standard InChI is InChI=1S/C29H37NO/c1-4-5-6-7-8-9-10-11-16-23-30-26-19-14-13-18-25(26)28(2,3)29(30)22-21-24-17-12-15-20-27(24)31-29/h4,12-15,17-22H,1,5-11,16,23H2,2-3H3. The summed E-state index contributed by atoms with van der Waals surface area (Å²) in [7, 11) is 0. The average Bonchev–Trinajstić information content (AvgIpc) is 2.96. The molecule has 0 radical (unpaired) electrons. The number of unbranched alkanes of at least 4 members (excludes halogenated alkanes) is 7. The van der Waals surface area contributed by atoms with Gasteiger partial charge in [-0.25, -0.2) is 0 Å². The Kier molecular flexibility index (Phi) is 6.55. The van der Waals surface area contributed by atoms with E-state index in [-0.39, 0.29) is 5.41 Å². The van der Waals surface area contributed by atoms with E-state index in [1.807, 2.05) is 6.08 Å². The quantitative estimate of drug-likeness (QED) is 0.289. The van der Waals surface area contributed by atoms with Gasteiger partial charge in [-0.1, -0.05) is 74.6 Å². The maximum absolute atomic E-state index is 6.85. The lowest BCUT2D eigenvalue weighted by atomic mass is 9.76. The molecule has 1 unspecified atom stereocenters. The van der Waals surface area contributed by atoms with Crippen LogP contribution >= 0.6 is 0 Å². The Balaban J connectivity index is 1.47. The highest BCUT2D eigenvalue weighted by Gasteiger charge is 2.58. The molecule has 0 fully saturated rings. The van der Waals surface area contributed by atoms with Crippen LogP contribution in [0.15, 0.2) is 67.3 Å². The first-order valence-electron chi connectivity index (χ1n) is 12.1. The molecule has 164 valence electrons. The second-order valence-corrected chi connectivity index (χ2v) is 9.52. The van der Waals surface area contributed by atoms with E-state index >= 15 is 0 Å². The van der Waals surface area contributed by atoms with Crippen molar-refractivity contribution in [1.82, 2.24) is 0 Å². The number of ether oxygens (including phenoxy) is 1. The first-order chi connectivity index (χ1) is 15.1. The molecule has 0 N–H and O–H groups in total. The molecule has 2 heterocycles. The first-order valence-corrected chi connectivity index (χ1v) is 12.1. The van der Waals surface area contributed by atoms with Gasteiger partial charge in [0, 0.05) is 17.8 Å². The third-order valence-electron chi connectivity index (χ3n) is 7.13. The number of hydrogen-bond donors (Lipinski definition) is 0. The van der Waals surface area contributed by atoms with E-state index in [0.29, 0.717) is 0 Å². The number of allylic oxidation sites excluding steroid dienone is 1. The topological polar surface area (TPSA) is 12.5 Å². The van der Waals surface area contributed by atoms with Gasteiger partial charge in [0.05, 0.1) is 5.41 Å². The summed E-state index contributed by atoms with van der Waals surface area (Å²) in [4.78, 5) is 2.53. The normalized spacial score (nSPS) is 20.4. The summed E-state index contributed by atoms with van der Waals surface area (Å²) < 4.78 is 6.85. The van der Waals surface area contributed by atoms with Gasteiger partial charge in [-0.3, -0.25) is 0 Å². The molecule has 2 aliphatic rings. The Hall–Kier alpha value is -2.48. The van der Waals surface area contributed by atoms with Gasteiger partial charge >= 0.3 is 0 Å². The summed E-state index contributed by atoms with van der Waals surface area (Å²) >= 11 is 0. The second kappa shape index (κ2) is 9.34. The molecule has 0 amide bonds. The van der Waals surface area contributed by atoms with Crippen molar-refractivity contribution in [2.24, 2.45) is 0 Å². The molecular weight excluding hydrogens is 378 g/mol. The van der Waals surface area contributed by atoms with Gasteiger partial charge in [0.2, 0.25) is 5.72 Å². The fourth-order valence-corrected chi connectivity index (χ4v) is 5.27. The summed E-state index contributed by atoms with van der Waals surface area (Å²) in [5.74, 6) is 0.982. The summed E-state index contributed by atoms with van der Waals surface area (Å²) in [6.07, 6.45) is 16.8. The van der Waals surface area contributed by atoms with Crippen LogP contribution < -0.4 is 9.64 Å². The fraction of sp³-hybridized carbons (Fsp3) is 0.448. The zero-order chi connectivity index (χ0) is 21.7. The van der Waals surface area contributed by atoms with Crippen molar-refractivity contribution in [3.05, 3.63) is 78.4 Å². The molecule has 2 aromatic carbocycles. The van der Waals surface area contributed by atoms with E-state index in [9.17, 15) is 0 Å². The average molecular weight is 416 g/mol. The Morgan fingerprint density at radius 2 is 1.55 bits per heavy atom. The SMILES string of the molecule is C=CCCCCCCCCCN1c2ccccc2C(C)(C)C12C=Cc1ccccc1O2. The highest BCUT2D eigenvalue weighted by Crippen LogP contribution is 2.54. The van der Waals surface area contributed by atoms with E-state index in [1.54, 1.807) is 0 Å². The number of anilines is 1. The van der Waals surface area contributed by atoms with Crippen LogP contribution in [0.5, 0.6) is 5.75 Å². The number of nitrogens with zero attached hydrogens (tertiary/aromatic N) is 1. The Labute approximate surface area is 188 Å². The smallest absolute Gasteiger partial charge is 0.212 e. The molecule has 2 nitrogen and oxygen atoms in total. The molecule has 0 aromatic heterocycles. The van der Waals surface area contributed by atoms with Crippen LogP contribution in [0.25, 0.3) is 6.08 Å². The van der Waals surface area contributed by atoms with Crippen molar-refractivity contribution in [3.63, 3.8) is 0 Å². The van der Waals surface area contributed by atoms with Crippen LogP contribution in [0.2, 0.25) is 0 Å². The molecule has 2 aromatic rings. The van der Waals surface area contributed by atoms with Crippen molar-refractivity contribution in [2.75, 3.05) is 11.4 Å². The van der Waals surface area contributed by atoms with Crippen LogP contribution in [0.3, 0.4) is 0 Å². The van der Waals surface area contributed by atoms with Crippen molar-refractivity contribution in [3.8, 4) is 5.75 Å². The molecule has 4 rings (SSSR count). The van der Waals surface area contributed by atoms with Crippen LogP contribution in [0, 0.1) is 0 Å². The molecular formula is C29H37NO. The summed E-state index contributed by atoms with van der Waals surface area (Å²) in [6, 6.07) is 17.2. The zero-order valence-corrected chi connectivity index (χ0v) is 19.3. The van der Waals surface area contributed by atoms with Crippen molar-refractivity contribution in [1.29, 1.82) is 0 Å². The van der Waals surface area contributed by atoms with E-state index in [4.69, 9.17) is 4.74 Å². The Bertz CT molecular complexity index is 928. The highest BCUT2D eigenvalue weighted by atomic mass is 16.5. The molecule has 31 heavy (non-hydrogen) atoms. The monoisotopic (exact) mass is 415 g/mol. The van der Waals surface area contributed by atoms with Crippen LogP contribution in [-0.2, 0) is 5.41 Å². The first kappa shape index (κ1) is 21.7. The Morgan fingerprint density at radius 1 is 0.871 bits per heavy atom. The lowest BCUT2D eigenvalue weighted by Crippen LogP contribution is -2.59. The van der Waals surface area contributed by atoms with Crippen molar-refractivity contribution >= 4 is 11.8 Å². The van der Waals surface area contributed by atoms with Crippen LogP contribution in [-0.4, -0.2) is 12.3 Å². The maximum atomic E-state index is 6.85. The molecule has 1 spiro atoms. The number of fused-ring (bicyclic) bond motifs is 2. The second-order valence-electron chi connectivity index (χ2n) is 9.52. The highest BCUT2D eigenvalue weighted by molar-refractivity contribution is 5.72. The third-order valence-corrected chi connectivity index (χ3v) is 7.13. The predicted molar refractivity (Wildman–Crippen MR) is 133 cm³/mol. The van der Waals surface area contributed by atoms with E-state index in [0.717, 1.165) is 24.3 Å². The lowest BCUT2D eigenvalue weighted by Gasteiger charge is -2.47. The molecule has 0 bridgehead atoms. The van der Waals surface area contributed by atoms with Gasteiger partial charge in [0.1, 0.15) is 5.75 Å². The van der Waals surface area contributed by atoms with E-state index in [2.05, 4.69) is 86.0 Å². The largest absolute Gasteiger partial charge is 0.463 e. The minimum absolute atomic E-state index is 0.140. The molecule has 0 saturated carbocycles. The van der Waals surface area contributed by atoms with E-state index < -0.39 is 5.72 Å². The van der Waals surface area contributed by atoms with Crippen LogP contribution in [0.4, 0.5) is 5.69 Å². The fourth-order valence-electron chi connectivity index (χ4n) is 5.27. The number of para-hydroxylation sites is 2. The predicted octanol–water partition coefficient (Wildman–Crippen LogP) is 7.89. The maximum Gasteiger partial charge on any atom is 0.212 e. The minimum atomic E-state index is -0.476. The number of rotatable bonds is 10. The summed E-state index contributed by atoms with van der Waals surface area (Å²) in [5.41, 5.74) is 3.24. The lowest BCUT2D eigenvalue weighted by molar-refractivity contribution is 0.0532. The van der Waals surface area contributed by atoms with Gasteiger partial charge in [-0.05, 0) is 63.0 Å². The van der Waals surface area contributed by atoms with Crippen molar-refractivity contribution < 1.29 is 4.74 Å². The minimum Gasteiger partial charge on any atom is -0.463 e. The Morgan fingerprint density at radius 3 is 2.35 bits per heavy atom. The molecule has 1 atom stereocenters. The van der Waals surface area contributed by atoms with E-state index in [1.165, 1.54) is 56.2 Å². The van der Waals surface area contributed by atoms with Gasteiger partial charge in [0.15, 0.2) is 0 Å². The van der Waals surface area contributed by atoms with Gasteiger partial charge in [-0.15, -0.1) is 6.58 Å². The zero-order valence-electron chi connectivity index (χ0n) is 19.3. The molecule has 0 aliphatic carbocycles.